The van der Waals surface area contributed by atoms with Gasteiger partial charge in [-0.2, -0.15) is 5.10 Å². The zero-order valence-electron chi connectivity index (χ0n) is 6.41. The third kappa shape index (κ3) is 1.52. The van der Waals surface area contributed by atoms with Gasteiger partial charge in [0.1, 0.15) is 10.3 Å². The van der Waals surface area contributed by atoms with E-state index in [1.807, 2.05) is 0 Å². The normalized spacial score (nSPS) is 10.2. The average molecular weight is 241 g/mol. The maximum Gasteiger partial charge on any atom is 0.265 e. The first kappa shape index (κ1) is 8.18. The van der Waals surface area contributed by atoms with Gasteiger partial charge in [-0.1, -0.05) is 0 Å². The van der Waals surface area contributed by atoms with Crippen molar-refractivity contribution in [1.82, 2.24) is 20.2 Å². The summed E-state index contributed by atoms with van der Waals surface area (Å²) in [6.07, 6.45) is 4.71. The SMILES string of the molecule is O=c1[nH]c(-c2cn[nH]c2)ncc1Br. The first-order chi connectivity index (χ1) is 6.27. The number of aromatic nitrogens is 4. The highest BCUT2D eigenvalue weighted by Crippen LogP contribution is 2.10. The number of aromatic amines is 2. The van der Waals surface area contributed by atoms with Gasteiger partial charge in [-0.25, -0.2) is 4.98 Å². The summed E-state index contributed by atoms with van der Waals surface area (Å²) in [4.78, 5) is 17.8. The second kappa shape index (κ2) is 3.14. The van der Waals surface area contributed by atoms with Gasteiger partial charge in [0.05, 0.1) is 11.8 Å². The van der Waals surface area contributed by atoms with E-state index in [9.17, 15) is 4.79 Å². The Morgan fingerprint density at radius 1 is 1.38 bits per heavy atom. The Morgan fingerprint density at radius 3 is 2.85 bits per heavy atom. The van der Waals surface area contributed by atoms with E-state index >= 15 is 0 Å². The number of halogens is 1. The Kier molecular flexibility index (Phi) is 1.97. The molecule has 13 heavy (non-hydrogen) atoms. The number of rotatable bonds is 1. The van der Waals surface area contributed by atoms with Gasteiger partial charge in [-0.05, 0) is 15.9 Å². The highest BCUT2D eigenvalue weighted by Gasteiger charge is 2.02. The Labute approximate surface area is 81.4 Å². The number of nitrogens with one attached hydrogen (secondary N) is 2. The standard InChI is InChI=1S/C7H5BrN4O/c8-5-3-9-6(12-7(5)13)4-1-10-11-2-4/h1-3H,(H,10,11)(H,9,12,13). The smallest absolute Gasteiger partial charge is 0.265 e. The van der Waals surface area contributed by atoms with Crippen molar-refractivity contribution in [2.24, 2.45) is 0 Å². The summed E-state index contributed by atoms with van der Waals surface area (Å²) >= 11 is 3.06. The number of H-pyrrole nitrogens is 2. The zero-order valence-corrected chi connectivity index (χ0v) is 8.00. The van der Waals surface area contributed by atoms with Gasteiger partial charge in [-0.15, -0.1) is 0 Å². The van der Waals surface area contributed by atoms with Crippen LogP contribution in [0, 0.1) is 0 Å². The van der Waals surface area contributed by atoms with Crippen LogP contribution in [0.1, 0.15) is 0 Å². The van der Waals surface area contributed by atoms with Crippen LogP contribution in [0.4, 0.5) is 0 Å². The summed E-state index contributed by atoms with van der Waals surface area (Å²) in [7, 11) is 0. The van der Waals surface area contributed by atoms with Gasteiger partial charge < -0.3 is 4.98 Å². The lowest BCUT2D eigenvalue weighted by Gasteiger charge is -1.94. The Morgan fingerprint density at radius 2 is 2.23 bits per heavy atom. The average Bonchev–Trinajstić information content (AvgIpc) is 2.62. The lowest BCUT2D eigenvalue weighted by Crippen LogP contribution is -2.08. The molecule has 2 aromatic heterocycles. The molecule has 2 N–H and O–H groups in total. The summed E-state index contributed by atoms with van der Waals surface area (Å²) in [5.41, 5.74) is 0.552. The molecule has 5 nitrogen and oxygen atoms in total. The van der Waals surface area contributed by atoms with Crippen molar-refractivity contribution >= 4 is 15.9 Å². The fourth-order valence-electron chi connectivity index (χ4n) is 0.906. The second-order valence-corrected chi connectivity index (χ2v) is 3.25. The fraction of sp³-hybridized carbons (Fsp3) is 0. The zero-order chi connectivity index (χ0) is 9.26. The monoisotopic (exact) mass is 240 g/mol. The van der Waals surface area contributed by atoms with E-state index in [4.69, 9.17) is 0 Å². The molecule has 0 atom stereocenters. The van der Waals surface area contributed by atoms with Crippen LogP contribution in [0.25, 0.3) is 11.4 Å². The fourth-order valence-corrected chi connectivity index (χ4v) is 1.11. The molecule has 0 radical (unpaired) electrons. The minimum atomic E-state index is -0.203. The Balaban J connectivity index is 2.55. The molecule has 2 rings (SSSR count). The molecule has 6 heteroatoms. The van der Waals surface area contributed by atoms with Crippen LogP contribution in [0.5, 0.6) is 0 Å². The topological polar surface area (TPSA) is 74.4 Å². The second-order valence-electron chi connectivity index (χ2n) is 2.40. The maximum absolute atomic E-state index is 11.2. The molecule has 0 aliphatic heterocycles. The number of nitrogens with zero attached hydrogens (tertiary/aromatic N) is 2. The van der Waals surface area contributed by atoms with E-state index in [-0.39, 0.29) is 5.56 Å². The first-order valence-electron chi connectivity index (χ1n) is 3.51. The van der Waals surface area contributed by atoms with Gasteiger partial charge in [0, 0.05) is 12.4 Å². The molecule has 0 saturated heterocycles. The van der Waals surface area contributed by atoms with Gasteiger partial charge in [0.15, 0.2) is 0 Å². The van der Waals surface area contributed by atoms with Gasteiger partial charge in [0.2, 0.25) is 0 Å². The van der Waals surface area contributed by atoms with Crippen molar-refractivity contribution in [3.8, 4) is 11.4 Å². The Bertz CT molecular complexity index is 462. The highest BCUT2D eigenvalue weighted by atomic mass is 79.9. The predicted octanol–water partition coefficient (Wildman–Crippen LogP) is 0.923. The van der Waals surface area contributed by atoms with Gasteiger partial charge in [-0.3, -0.25) is 9.89 Å². The molecular weight excluding hydrogens is 236 g/mol. The lowest BCUT2D eigenvalue weighted by atomic mass is 10.3. The van der Waals surface area contributed by atoms with Crippen LogP contribution in [-0.4, -0.2) is 20.2 Å². The van der Waals surface area contributed by atoms with E-state index in [0.717, 1.165) is 5.56 Å². The van der Waals surface area contributed by atoms with E-state index < -0.39 is 0 Å². The van der Waals surface area contributed by atoms with Crippen molar-refractivity contribution in [2.75, 3.05) is 0 Å². The van der Waals surface area contributed by atoms with Crippen molar-refractivity contribution < 1.29 is 0 Å². The minimum absolute atomic E-state index is 0.203. The molecule has 0 spiro atoms. The van der Waals surface area contributed by atoms with E-state index in [0.29, 0.717) is 10.3 Å². The predicted molar refractivity (Wildman–Crippen MR) is 50.1 cm³/mol. The minimum Gasteiger partial charge on any atom is -0.305 e. The molecule has 0 amide bonds. The largest absolute Gasteiger partial charge is 0.305 e. The van der Waals surface area contributed by atoms with Crippen molar-refractivity contribution in [1.29, 1.82) is 0 Å². The maximum atomic E-state index is 11.2. The molecule has 2 heterocycles. The molecule has 0 unspecified atom stereocenters. The van der Waals surface area contributed by atoms with Crippen LogP contribution in [0.3, 0.4) is 0 Å². The van der Waals surface area contributed by atoms with Crippen LogP contribution >= 0.6 is 15.9 Å². The molecule has 0 bridgehead atoms. The quantitative estimate of drug-likeness (QED) is 0.779. The summed E-state index contributed by atoms with van der Waals surface area (Å²) in [6.45, 7) is 0. The van der Waals surface area contributed by atoms with Crippen molar-refractivity contribution in [2.45, 2.75) is 0 Å². The van der Waals surface area contributed by atoms with Crippen LogP contribution < -0.4 is 5.56 Å². The van der Waals surface area contributed by atoms with Crippen molar-refractivity contribution in [3.05, 3.63) is 33.4 Å². The van der Waals surface area contributed by atoms with E-state index in [1.54, 1.807) is 12.4 Å². The summed E-state index contributed by atoms with van der Waals surface area (Å²) in [5.74, 6) is 0.502. The number of hydrogen-bond acceptors (Lipinski definition) is 3. The van der Waals surface area contributed by atoms with Crippen LogP contribution in [-0.2, 0) is 0 Å². The molecule has 0 aliphatic carbocycles. The van der Waals surface area contributed by atoms with Gasteiger partial charge in [0.25, 0.3) is 5.56 Å². The lowest BCUT2D eigenvalue weighted by molar-refractivity contribution is 1.09. The van der Waals surface area contributed by atoms with E-state index in [1.165, 1.54) is 6.20 Å². The molecular formula is C7H5BrN4O. The summed E-state index contributed by atoms with van der Waals surface area (Å²) < 4.78 is 0.416. The van der Waals surface area contributed by atoms with E-state index in [2.05, 4.69) is 36.1 Å². The highest BCUT2D eigenvalue weighted by molar-refractivity contribution is 9.10. The molecule has 2 aromatic rings. The molecule has 0 saturated carbocycles. The number of hydrogen-bond donors (Lipinski definition) is 2. The molecule has 66 valence electrons. The summed E-state index contributed by atoms with van der Waals surface area (Å²) in [6, 6.07) is 0. The third-order valence-electron chi connectivity index (χ3n) is 1.53. The summed E-state index contributed by atoms with van der Waals surface area (Å²) in [5, 5.41) is 6.39. The molecule has 0 aliphatic rings. The van der Waals surface area contributed by atoms with Crippen LogP contribution in [0.2, 0.25) is 0 Å². The van der Waals surface area contributed by atoms with Crippen molar-refractivity contribution in [3.63, 3.8) is 0 Å². The first-order valence-corrected chi connectivity index (χ1v) is 4.30. The Hall–Kier alpha value is -1.43. The van der Waals surface area contributed by atoms with Crippen LogP contribution in [0.15, 0.2) is 27.9 Å². The molecule has 0 fully saturated rings. The third-order valence-corrected chi connectivity index (χ3v) is 2.09. The molecule has 0 aromatic carbocycles. The van der Waals surface area contributed by atoms with Gasteiger partial charge >= 0.3 is 0 Å².